The summed E-state index contributed by atoms with van der Waals surface area (Å²) in [5, 5.41) is 12.4. The van der Waals surface area contributed by atoms with E-state index < -0.39 is 17.7 Å². The largest absolute Gasteiger partial charge is 0.477 e. The predicted molar refractivity (Wildman–Crippen MR) is 78.6 cm³/mol. The molecule has 0 saturated heterocycles. The van der Waals surface area contributed by atoms with Crippen molar-refractivity contribution in [1.82, 2.24) is 0 Å². The van der Waals surface area contributed by atoms with Crippen molar-refractivity contribution in [2.75, 3.05) is 5.32 Å². The summed E-state index contributed by atoms with van der Waals surface area (Å²) in [4.78, 5) is 22.8. The molecule has 1 aromatic carbocycles. The Morgan fingerprint density at radius 3 is 2.55 bits per heavy atom. The Hall–Kier alpha value is -2.08. The molecule has 6 heteroatoms. The Balaban J connectivity index is 2.19. The molecule has 1 amide bonds. The van der Waals surface area contributed by atoms with E-state index >= 15 is 0 Å². The number of anilines is 1. The van der Waals surface area contributed by atoms with Crippen LogP contribution >= 0.6 is 11.3 Å². The summed E-state index contributed by atoms with van der Waals surface area (Å²) in [6, 6.07) is 6.80. The van der Waals surface area contributed by atoms with Crippen LogP contribution in [0.25, 0.3) is 10.1 Å². The fraction of sp³-hybridized carbons (Fsp3) is 0.286. The molecule has 106 valence electrons. The van der Waals surface area contributed by atoms with Gasteiger partial charge in [0.1, 0.15) is 10.5 Å². The van der Waals surface area contributed by atoms with Crippen LogP contribution in [0.5, 0.6) is 0 Å². The molecule has 0 atom stereocenters. The van der Waals surface area contributed by atoms with Gasteiger partial charge in [0.15, 0.2) is 0 Å². The smallest absolute Gasteiger partial charge is 0.412 e. The Bertz CT molecular complexity index is 669. The second-order valence-electron chi connectivity index (χ2n) is 5.30. The highest BCUT2D eigenvalue weighted by atomic mass is 32.1. The van der Waals surface area contributed by atoms with E-state index in [4.69, 9.17) is 9.84 Å². The van der Waals surface area contributed by atoms with Gasteiger partial charge in [0.25, 0.3) is 0 Å². The van der Waals surface area contributed by atoms with Crippen LogP contribution < -0.4 is 5.32 Å². The number of carbonyl (C=O) groups excluding carboxylic acids is 1. The molecular weight excluding hydrogens is 278 g/mol. The van der Waals surface area contributed by atoms with E-state index in [0.29, 0.717) is 5.69 Å². The number of carboxylic acid groups (broad SMARTS) is 1. The average molecular weight is 293 g/mol. The maximum absolute atomic E-state index is 11.7. The summed E-state index contributed by atoms with van der Waals surface area (Å²) in [6.07, 6.45) is -0.537. The van der Waals surface area contributed by atoms with E-state index in [0.717, 1.165) is 10.1 Å². The zero-order valence-electron chi connectivity index (χ0n) is 11.4. The highest BCUT2D eigenvalue weighted by molar-refractivity contribution is 7.20. The number of benzene rings is 1. The van der Waals surface area contributed by atoms with Gasteiger partial charge in [-0.25, -0.2) is 9.59 Å². The van der Waals surface area contributed by atoms with Crippen LogP contribution in [0.15, 0.2) is 24.3 Å². The van der Waals surface area contributed by atoms with Crippen molar-refractivity contribution < 1.29 is 19.4 Å². The van der Waals surface area contributed by atoms with Crippen LogP contribution in [-0.4, -0.2) is 22.8 Å². The summed E-state index contributed by atoms with van der Waals surface area (Å²) in [7, 11) is 0. The fourth-order valence-corrected chi connectivity index (χ4v) is 2.53. The molecule has 0 saturated carbocycles. The Morgan fingerprint density at radius 2 is 1.95 bits per heavy atom. The van der Waals surface area contributed by atoms with E-state index in [-0.39, 0.29) is 4.88 Å². The summed E-state index contributed by atoms with van der Waals surface area (Å²) in [6.45, 7) is 5.36. The predicted octanol–water partition coefficient (Wildman–Crippen LogP) is 3.95. The average Bonchev–Trinajstić information content (AvgIpc) is 2.69. The highest BCUT2D eigenvalue weighted by Crippen LogP contribution is 2.28. The first kappa shape index (κ1) is 14.3. The number of carboxylic acids is 1. The van der Waals surface area contributed by atoms with E-state index in [1.165, 1.54) is 11.3 Å². The SMILES string of the molecule is CC(C)(C)OC(=O)Nc1ccc2sc(C(=O)O)cc2c1. The lowest BCUT2D eigenvalue weighted by Gasteiger charge is -2.19. The van der Waals surface area contributed by atoms with Crippen LogP contribution in [0, 0.1) is 0 Å². The topological polar surface area (TPSA) is 75.6 Å². The molecule has 0 bridgehead atoms. The highest BCUT2D eigenvalue weighted by Gasteiger charge is 2.16. The number of hydrogen-bond acceptors (Lipinski definition) is 4. The van der Waals surface area contributed by atoms with Gasteiger partial charge in [-0.3, -0.25) is 5.32 Å². The number of rotatable bonds is 2. The number of thiophene rings is 1. The first-order valence-corrected chi connectivity index (χ1v) is 6.83. The Kier molecular flexibility index (Phi) is 3.67. The maximum Gasteiger partial charge on any atom is 0.412 e. The summed E-state index contributed by atoms with van der Waals surface area (Å²) >= 11 is 1.20. The number of aromatic carboxylic acids is 1. The third kappa shape index (κ3) is 3.48. The lowest BCUT2D eigenvalue weighted by molar-refractivity contribution is 0.0634. The molecular formula is C14H15NO4S. The van der Waals surface area contributed by atoms with E-state index in [1.807, 2.05) is 0 Å². The number of ether oxygens (including phenoxy) is 1. The minimum Gasteiger partial charge on any atom is -0.477 e. The number of amides is 1. The summed E-state index contributed by atoms with van der Waals surface area (Å²) in [5.41, 5.74) is 0.00837. The third-order valence-electron chi connectivity index (χ3n) is 2.37. The minimum absolute atomic E-state index is 0.273. The molecule has 0 aliphatic carbocycles. The van der Waals surface area contributed by atoms with Gasteiger partial charge in [0.05, 0.1) is 0 Å². The summed E-state index contributed by atoms with van der Waals surface area (Å²) in [5.74, 6) is -0.951. The van der Waals surface area contributed by atoms with Gasteiger partial charge in [-0.1, -0.05) is 0 Å². The van der Waals surface area contributed by atoms with Gasteiger partial charge in [-0.15, -0.1) is 11.3 Å². The zero-order valence-corrected chi connectivity index (χ0v) is 12.2. The van der Waals surface area contributed by atoms with Gasteiger partial charge in [-0.05, 0) is 50.4 Å². The molecule has 0 aliphatic heterocycles. The van der Waals surface area contributed by atoms with Gasteiger partial charge in [0, 0.05) is 10.4 Å². The van der Waals surface area contributed by atoms with Gasteiger partial charge >= 0.3 is 12.1 Å². The molecule has 0 unspecified atom stereocenters. The molecule has 0 spiro atoms. The maximum atomic E-state index is 11.7. The number of nitrogens with one attached hydrogen (secondary N) is 1. The Morgan fingerprint density at radius 1 is 1.25 bits per heavy atom. The van der Waals surface area contributed by atoms with Gasteiger partial charge < -0.3 is 9.84 Å². The molecule has 1 heterocycles. The van der Waals surface area contributed by atoms with Crippen LogP contribution in [-0.2, 0) is 4.74 Å². The van der Waals surface area contributed by atoms with Crippen LogP contribution in [0.1, 0.15) is 30.4 Å². The quantitative estimate of drug-likeness (QED) is 0.879. The molecule has 2 aromatic rings. The van der Waals surface area contributed by atoms with E-state index in [9.17, 15) is 9.59 Å². The molecule has 1 aromatic heterocycles. The lowest BCUT2D eigenvalue weighted by atomic mass is 10.2. The molecule has 0 radical (unpaired) electrons. The molecule has 0 fully saturated rings. The third-order valence-corrected chi connectivity index (χ3v) is 3.48. The van der Waals surface area contributed by atoms with Crippen molar-refractivity contribution in [3.63, 3.8) is 0 Å². The molecule has 2 N–H and O–H groups in total. The van der Waals surface area contributed by atoms with Crippen LogP contribution in [0.2, 0.25) is 0 Å². The van der Waals surface area contributed by atoms with Crippen molar-refractivity contribution in [3.8, 4) is 0 Å². The van der Waals surface area contributed by atoms with E-state index in [2.05, 4.69) is 5.32 Å². The first-order chi connectivity index (χ1) is 9.24. The fourth-order valence-electron chi connectivity index (χ4n) is 1.65. The first-order valence-electron chi connectivity index (χ1n) is 6.01. The van der Waals surface area contributed by atoms with Crippen molar-refractivity contribution in [2.24, 2.45) is 0 Å². The second-order valence-corrected chi connectivity index (χ2v) is 6.38. The minimum atomic E-state index is -0.951. The molecule has 0 aliphatic rings. The standard InChI is InChI=1S/C14H15NO4S/c1-14(2,3)19-13(18)15-9-4-5-10-8(6-9)7-11(20-10)12(16)17/h4-7H,1-3H3,(H,15,18)(H,16,17). The lowest BCUT2D eigenvalue weighted by Crippen LogP contribution is -2.27. The van der Waals surface area contributed by atoms with E-state index in [1.54, 1.807) is 45.0 Å². The molecule has 20 heavy (non-hydrogen) atoms. The number of carbonyl (C=O) groups is 2. The van der Waals surface area contributed by atoms with Crippen LogP contribution in [0.4, 0.5) is 10.5 Å². The van der Waals surface area contributed by atoms with Crippen molar-refractivity contribution >= 4 is 39.2 Å². The van der Waals surface area contributed by atoms with Crippen molar-refractivity contribution in [2.45, 2.75) is 26.4 Å². The molecule has 5 nitrogen and oxygen atoms in total. The number of fused-ring (bicyclic) bond motifs is 1. The second kappa shape index (κ2) is 5.13. The molecule has 2 rings (SSSR count). The van der Waals surface area contributed by atoms with Gasteiger partial charge in [-0.2, -0.15) is 0 Å². The normalized spacial score (nSPS) is 11.3. The van der Waals surface area contributed by atoms with Crippen LogP contribution in [0.3, 0.4) is 0 Å². The Labute approximate surface area is 120 Å². The number of hydrogen-bond donors (Lipinski definition) is 2. The zero-order chi connectivity index (χ0) is 14.9. The van der Waals surface area contributed by atoms with Gasteiger partial charge in [0.2, 0.25) is 0 Å². The van der Waals surface area contributed by atoms with Crippen molar-refractivity contribution in [3.05, 3.63) is 29.1 Å². The van der Waals surface area contributed by atoms with Crippen molar-refractivity contribution in [1.29, 1.82) is 0 Å². The monoisotopic (exact) mass is 293 g/mol. The summed E-state index contributed by atoms with van der Waals surface area (Å²) < 4.78 is 6.01.